The monoisotopic (exact) mass is 275 g/mol. The quantitative estimate of drug-likeness (QED) is 0.906. The van der Waals surface area contributed by atoms with Gasteiger partial charge in [-0.05, 0) is 36.4 Å². The van der Waals surface area contributed by atoms with E-state index in [0.29, 0.717) is 10.9 Å². The van der Waals surface area contributed by atoms with E-state index in [4.69, 9.17) is 0 Å². The van der Waals surface area contributed by atoms with Gasteiger partial charge in [0.05, 0.1) is 0 Å². The minimum absolute atomic E-state index is 0.500. The average molecular weight is 275 g/mol. The zero-order valence-corrected chi connectivity index (χ0v) is 11.7. The highest BCUT2D eigenvalue weighted by molar-refractivity contribution is 7.21. The third-order valence-electron chi connectivity index (χ3n) is 3.72. The van der Waals surface area contributed by atoms with Crippen LogP contribution in [0.25, 0.3) is 10.1 Å². The van der Waals surface area contributed by atoms with Crippen molar-refractivity contribution in [2.24, 2.45) is 0 Å². The van der Waals surface area contributed by atoms with Gasteiger partial charge in [-0.1, -0.05) is 25.1 Å². The number of thiophene rings is 1. The lowest BCUT2D eigenvalue weighted by atomic mass is 10.1. The molecule has 3 nitrogen and oxygen atoms in total. The fraction of sp³-hybridized carbons (Fsp3) is 0.400. The molecule has 1 heterocycles. The van der Waals surface area contributed by atoms with Gasteiger partial charge >= 0.3 is 5.97 Å². The minimum Gasteiger partial charge on any atom is -0.477 e. The molecule has 100 valence electrons. The first kappa shape index (κ1) is 12.6. The number of aromatic carboxylic acids is 1. The molecule has 1 fully saturated rings. The van der Waals surface area contributed by atoms with Crippen molar-refractivity contribution >= 4 is 27.4 Å². The van der Waals surface area contributed by atoms with E-state index >= 15 is 0 Å². The summed E-state index contributed by atoms with van der Waals surface area (Å²) in [6, 6.07) is 8.65. The Morgan fingerprint density at radius 1 is 1.42 bits per heavy atom. The molecule has 0 amide bonds. The molecule has 2 aromatic rings. The fourth-order valence-corrected chi connectivity index (χ4v) is 3.62. The highest BCUT2D eigenvalue weighted by Crippen LogP contribution is 2.35. The van der Waals surface area contributed by atoms with Gasteiger partial charge < -0.3 is 5.11 Å². The van der Waals surface area contributed by atoms with Gasteiger partial charge in [0, 0.05) is 17.3 Å². The van der Waals surface area contributed by atoms with Crippen molar-refractivity contribution in [3.8, 4) is 0 Å². The normalized spacial score (nSPS) is 15.3. The van der Waals surface area contributed by atoms with Gasteiger partial charge in [-0.3, -0.25) is 4.90 Å². The van der Waals surface area contributed by atoms with E-state index in [1.165, 1.54) is 24.2 Å². The Morgan fingerprint density at radius 2 is 2.16 bits per heavy atom. The Bertz CT molecular complexity index is 616. The number of carboxylic acids is 1. The summed E-state index contributed by atoms with van der Waals surface area (Å²) in [5.74, 6) is -0.803. The van der Waals surface area contributed by atoms with E-state index in [9.17, 15) is 9.90 Å². The maximum atomic E-state index is 11.4. The van der Waals surface area contributed by atoms with Crippen LogP contribution in [0.3, 0.4) is 0 Å². The predicted octanol–water partition coefficient (Wildman–Crippen LogP) is 3.58. The number of rotatable bonds is 5. The minimum atomic E-state index is -0.803. The maximum Gasteiger partial charge on any atom is 0.346 e. The van der Waals surface area contributed by atoms with Gasteiger partial charge in [0.15, 0.2) is 0 Å². The van der Waals surface area contributed by atoms with E-state index in [1.807, 2.05) is 24.3 Å². The third kappa shape index (κ3) is 2.38. The first-order chi connectivity index (χ1) is 9.20. The zero-order chi connectivity index (χ0) is 13.4. The van der Waals surface area contributed by atoms with Crippen LogP contribution in [0.4, 0.5) is 0 Å². The Balaban J connectivity index is 2.03. The Kier molecular flexibility index (Phi) is 3.29. The van der Waals surface area contributed by atoms with Crippen LogP contribution in [0.15, 0.2) is 24.3 Å². The lowest BCUT2D eigenvalue weighted by Crippen LogP contribution is -2.25. The molecule has 1 aromatic heterocycles. The molecule has 0 aliphatic heterocycles. The molecule has 1 aliphatic carbocycles. The summed E-state index contributed by atoms with van der Waals surface area (Å²) in [6.45, 7) is 3.88. The van der Waals surface area contributed by atoms with E-state index in [2.05, 4.69) is 11.8 Å². The second kappa shape index (κ2) is 4.94. The fourth-order valence-electron chi connectivity index (χ4n) is 2.57. The first-order valence-electron chi connectivity index (χ1n) is 6.68. The topological polar surface area (TPSA) is 40.5 Å². The molecule has 0 bridgehead atoms. The molecular weight excluding hydrogens is 258 g/mol. The molecular formula is C15H17NO2S. The number of carbonyl (C=O) groups is 1. The van der Waals surface area contributed by atoms with Gasteiger partial charge in [0.25, 0.3) is 0 Å². The molecule has 4 heteroatoms. The van der Waals surface area contributed by atoms with Crippen molar-refractivity contribution in [3.05, 3.63) is 34.7 Å². The predicted molar refractivity (Wildman–Crippen MR) is 77.9 cm³/mol. The zero-order valence-electron chi connectivity index (χ0n) is 10.9. The van der Waals surface area contributed by atoms with Crippen molar-refractivity contribution in [2.75, 3.05) is 6.54 Å². The van der Waals surface area contributed by atoms with Gasteiger partial charge in [-0.25, -0.2) is 4.79 Å². The summed E-state index contributed by atoms with van der Waals surface area (Å²) in [5, 5.41) is 10.5. The average Bonchev–Trinajstić information content (AvgIpc) is 3.18. The van der Waals surface area contributed by atoms with Crippen LogP contribution in [-0.4, -0.2) is 28.6 Å². The van der Waals surface area contributed by atoms with E-state index in [-0.39, 0.29) is 0 Å². The molecule has 1 saturated carbocycles. The van der Waals surface area contributed by atoms with Gasteiger partial charge in [-0.2, -0.15) is 0 Å². The number of nitrogens with zero attached hydrogens (tertiary/aromatic N) is 1. The van der Waals surface area contributed by atoms with Crippen molar-refractivity contribution < 1.29 is 9.90 Å². The number of hydrogen-bond donors (Lipinski definition) is 1. The summed E-state index contributed by atoms with van der Waals surface area (Å²) < 4.78 is 1.07. The van der Waals surface area contributed by atoms with Crippen molar-refractivity contribution in [1.82, 2.24) is 4.90 Å². The van der Waals surface area contributed by atoms with Crippen LogP contribution < -0.4 is 0 Å². The second-order valence-corrected chi connectivity index (χ2v) is 6.06. The molecule has 0 unspecified atom stereocenters. The van der Waals surface area contributed by atoms with Crippen molar-refractivity contribution in [1.29, 1.82) is 0 Å². The van der Waals surface area contributed by atoms with E-state index in [1.54, 1.807) is 0 Å². The lowest BCUT2D eigenvalue weighted by molar-refractivity contribution is 0.0700. The second-order valence-electron chi connectivity index (χ2n) is 5.01. The smallest absolute Gasteiger partial charge is 0.346 e. The molecule has 1 aromatic carbocycles. The van der Waals surface area contributed by atoms with Gasteiger partial charge in [-0.15, -0.1) is 11.3 Å². The summed E-state index contributed by atoms with van der Waals surface area (Å²) in [4.78, 5) is 14.3. The lowest BCUT2D eigenvalue weighted by Gasteiger charge is -2.19. The number of fused-ring (bicyclic) bond motifs is 1. The van der Waals surface area contributed by atoms with Crippen LogP contribution >= 0.6 is 11.3 Å². The SMILES string of the molecule is CCN(Cc1c(C(=O)O)sc2ccccc12)C1CC1. The van der Waals surface area contributed by atoms with Gasteiger partial charge in [0.2, 0.25) is 0 Å². The summed E-state index contributed by atoms with van der Waals surface area (Å²) >= 11 is 1.39. The molecule has 0 atom stereocenters. The van der Waals surface area contributed by atoms with Crippen LogP contribution in [0.1, 0.15) is 35.0 Å². The van der Waals surface area contributed by atoms with Crippen LogP contribution in [0.5, 0.6) is 0 Å². The summed E-state index contributed by atoms with van der Waals surface area (Å²) in [6.07, 6.45) is 2.50. The molecule has 1 aliphatic rings. The number of carboxylic acid groups (broad SMARTS) is 1. The van der Waals surface area contributed by atoms with Crippen LogP contribution in [-0.2, 0) is 6.54 Å². The van der Waals surface area contributed by atoms with Crippen LogP contribution in [0.2, 0.25) is 0 Å². The largest absolute Gasteiger partial charge is 0.477 e. The van der Waals surface area contributed by atoms with E-state index in [0.717, 1.165) is 28.7 Å². The van der Waals surface area contributed by atoms with E-state index < -0.39 is 5.97 Å². The highest BCUT2D eigenvalue weighted by Gasteiger charge is 2.29. The van der Waals surface area contributed by atoms with Crippen molar-refractivity contribution in [3.63, 3.8) is 0 Å². The summed E-state index contributed by atoms with van der Waals surface area (Å²) in [5.41, 5.74) is 0.988. The Labute approximate surface area is 116 Å². The number of benzene rings is 1. The number of hydrogen-bond acceptors (Lipinski definition) is 3. The Hall–Kier alpha value is -1.39. The molecule has 0 spiro atoms. The van der Waals surface area contributed by atoms with Crippen LogP contribution in [0, 0.1) is 0 Å². The molecule has 3 rings (SSSR count). The molecule has 0 saturated heterocycles. The third-order valence-corrected chi connectivity index (χ3v) is 4.92. The van der Waals surface area contributed by atoms with Crippen molar-refractivity contribution in [2.45, 2.75) is 32.4 Å². The molecule has 1 N–H and O–H groups in total. The maximum absolute atomic E-state index is 11.4. The van der Waals surface area contributed by atoms with Gasteiger partial charge in [0.1, 0.15) is 4.88 Å². The molecule has 0 radical (unpaired) electrons. The summed E-state index contributed by atoms with van der Waals surface area (Å²) in [7, 11) is 0. The first-order valence-corrected chi connectivity index (χ1v) is 7.50. The Morgan fingerprint density at radius 3 is 2.79 bits per heavy atom. The molecule has 19 heavy (non-hydrogen) atoms. The highest BCUT2D eigenvalue weighted by atomic mass is 32.1. The standard InChI is InChI=1S/C15H17NO2S/c1-2-16(10-7-8-10)9-12-11-5-3-4-6-13(11)19-14(12)15(17)18/h3-6,10H,2,7-9H2,1H3,(H,17,18).